The van der Waals surface area contributed by atoms with Crippen molar-refractivity contribution in [2.45, 2.75) is 0 Å². The van der Waals surface area contributed by atoms with Crippen LogP contribution < -0.4 is 20.7 Å². The van der Waals surface area contributed by atoms with E-state index in [2.05, 4.69) is 10.2 Å². The predicted octanol–water partition coefficient (Wildman–Crippen LogP) is 1.64. The summed E-state index contributed by atoms with van der Waals surface area (Å²) in [5, 5.41) is 2.86. The molecule has 7 nitrogen and oxygen atoms in total. The minimum absolute atomic E-state index is 0.193. The molecule has 0 unspecified atom stereocenters. The summed E-state index contributed by atoms with van der Waals surface area (Å²) in [5.74, 6) is -0.284. The molecule has 0 bridgehead atoms. The number of nitrogens with two attached hydrogens (primary N) is 1. The molecule has 2 amide bonds. The van der Waals surface area contributed by atoms with Gasteiger partial charge in [-0.1, -0.05) is 0 Å². The number of anilines is 2. The normalized spacial score (nSPS) is 13.9. The van der Waals surface area contributed by atoms with E-state index in [0.29, 0.717) is 11.3 Å². The van der Waals surface area contributed by atoms with E-state index in [1.54, 1.807) is 24.3 Å². The zero-order valence-corrected chi connectivity index (χ0v) is 14.3. The van der Waals surface area contributed by atoms with Crippen molar-refractivity contribution in [2.75, 3.05) is 43.1 Å². The molecule has 7 heteroatoms. The van der Waals surface area contributed by atoms with Crippen molar-refractivity contribution in [3.63, 3.8) is 0 Å². The quantitative estimate of drug-likeness (QED) is 0.822. The molecule has 0 saturated carbocycles. The van der Waals surface area contributed by atoms with Gasteiger partial charge in [-0.15, -0.1) is 0 Å². The summed E-state index contributed by atoms with van der Waals surface area (Å²) < 4.78 is 10.5. The smallest absolute Gasteiger partial charge is 0.255 e. The number of carbonyl (C=O) groups is 2. The maximum atomic E-state index is 12.3. The van der Waals surface area contributed by atoms with Crippen LogP contribution in [0.5, 0.6) is 5.75 Å². The molecule has 2 aromatic carbocycles. The lowest BCUT2D eigenvalue weighted by Crippen LogP contribution is -2.36. The molecule has 0 atom stereocenters. The SMILES string of the molecule is NC(=O)COc1ccc(C(=O)Nc2ccc(N3CCOCC3)cc2)cc1. The number of nitrogens with one attached hydrogen (secondary N) is 1. The minimum Gasteiger partial charge on any atom is -0.484 e. The van der Waals surface area contributed by atoms with Crippen molar-refractivity contribution < 1.29 is 19.1 Å². The molecule has 0 radical (unpaired) electrons. The Bertz CT molecular complexity index is 753. The summed E-state index contributed by atoms with van der Waals surface area (Å²) in [6.07, 6.45) is 0. The maximum absolute atomic E-state index is 12.3. The van der Waals surface area contributed by atoms with Gasteiger partial charge < -0.3 is 25.4 Å². The second-order valence-corrected chi connectivity index (χ2v) is 5.88. The topological polar surface area (TPSA) is 93.9 Å². The molecule has 3 N–H and O–H groups in total. The Morgan fingerprint density at radius 3 is 2.31 bits per heavy atom. The summed E-state index contributed by atoms with van der Waals surface area (Å²) >= 11 is 0. The van der Waals surface area contributed by atoms with Gasteiger partial charge in [0, 0.05) is 30.0 Å². The first kappa shape index (κ1) is 17.8. The Labute approximate surface area is 151 Å². The van der Waals surface area contributed by atoms with Gasteiger partial charge in [-0.2, -0.15) is 0 Å². The number of hydrogen-bond donors (Lipinski definition) is 2. The first-order valence-electron chi connectivity index (χ1n) is 8.37. The Balaban J connectivity index is 1.57. The Morgan fingerprint density at radius 2 is 1.69 bits per heavy atom. The average Bonchev–Trinajstić information content (AvgIpc) is 2.68. The molecule has 0 spiro atoms. The highest BCUT2D eigenvalue weighted by molar-refractivity contribution is 6.04. The molecule has 1 saturated heterocycles. The van der Waals surface area contributed by atoms with Crippen molar-refractivity contribution in [1.82, 2.24) is 0 Å². The zero-order chi connectivity index (χ0) is 18.4. The summed E-state index contributed by atoms with van der Waals surface area (Å²) in [4.78, 5) is 25.3. The second-order valence-electron chi connectivity index (χ2n) is 5.88. The molecule has 1 aliphatic rings. The highest BCUT2D eigenvalue weighted by Gasteiger charge is 2.11. The summed E-state index contributed by atoms with van der Waals surface area (Å²) in [7, 11) is 0. The van der Waals surface area contributed by atoms with Gasteiger partial charge >= 0.3 is 0 Å². The highest BCUT2D eigenvalue weighted by Crippen LogP contribution is 2.20. The minimum atomic E-state index is -0.549. The van der Waals surface area contributed by atoms with Crippen molar-refractivity contribution in [1.29, 1.82) is 0 Å². The number of amides is 2. The molecule has 26 heavy (non-hydrogen) atoms. The largest absolute Gasteiger partial charge is 0.484 e. The van der Waals surface area contributed by atoms with Crippen LogP contribution in [-0.2, 0) is 9.53 Å². The Kier molecular flexibility index (Phi) is 5.70. The fraction of sp³-hybridized carbons (Fsp3) is 0.263. The number of ether oxygens (including phenoxy) is 2. The monoisotopic (exact) mass is 355 g/mol. The third-order valence-electron chi connectivity index (χ3n) is 4.00. The van der Waals surface area contributed by atoms with Crippen LogP contribution in [0.4, 0.5) is 11.4 Å². The van der Waals surface area contributed by atoms with Crippen molar-refractivity contribution in [2.24, 2.45) is 5.73 Å². The van der Waals surface area contributed by atoms with Gasteiger partial charge in [-0.25, -0.2) is 0 Å². The van der Waals surface area contributed by atoms with E-state index in [4.69, 9.17) is 15.2 Å². The van der Waals surface area contributed by atoms with E-state index in [1.807, 2.05) is 24.3 Å². The first-order valence-corrected chi connectivity index (χ1v) is 8.37. The fourth-order valence-electron chi connectivity index (χ4n) is 2.64. The molecule has 1 heterocycles. The van der Waals surface area contributed by atoms with Gasteiger partial charge in [-0.3, -0.25) is 9.59 Å². The van der Waals surface area contributed by atoms with Crippen LogP contribution in [0.25, 0.3) is 0 Å². The number of carbonyl (C=O) groups excluding carboxylic acids is 2. The number of morpholine rings is 1. The number of primary amides is 1. The van der Waals surface area contributed by atoms with E-state index >= 15 is 0 Å². The van der Waals surface area contributed by atoms with Crippen LogP contribution in [0, 0.1) is 0 Å². The van der Waals surface area contributed by atoms with Gasteiger partial charge in [0.2, 0.25) is 0 Å². The highest BCUT2D eigenvalue weighted by atomic mass is 16.5. The molecule has 1 fully saturated rings. The molecule has 3 rings (SSSR count). The van der Waals surface area contributed by atoms with Crippen LogP contribution in [0.2, 0.25) is 0 Å². The van der Waals surface area contributed by atoms with E-state index in [1.165, 1.54) is 0 Å². The third kappa shape index (κ3) is 4.73. The lowest BCUT2D eigenvalue weighted by Gasteiger charge is -2.28. The van der Waals surface area contributed by atoms with Crippen LogP contribution in [-0.4, -0.2) is 44.7 Å². The standard InChI is InChI=1S/C19H21N3O4/c20-18(23)13-26-17-7-1-14(2-8-17)19(24)21-15-3-5-16(6-4-15)22-9-11-25-12-10-22/h1-8H,9-13H2,(H2,20,23)(H,21,24). The molecule has 0 aliphatic carbocycles. The lowest BCUT2D eigenvalue weighted by atomic mass is 10.2. The number of rotatable bonds is 6. The Hall–Kier alpha value is -3.06. The predicted molar refractivity (Wildman–Crippen MR) is 98.6 cm³/mol. The van der Waals surface area contributed by atoms with E-state index in [-0.39, 0.29) is 12.5 Å². The second kappa shape index (κ2) is 8.35. The van der Waals surface area contributed by atoms with Gasteiger partial charge in [0.1, 0.15) is 5.75 Å². The van der Waals surface area contributed by atoms with Crippen LogP contribution in [0.3, 0.4) is 0 Å². The van der Waals surface area contributed by atoms with Gasteiger partial charge in [0.15, 0.2) is 6.61 Å². The number of nitrogens with zero attached hydrogens (tertiary/aromatic N) is 1. The molecular weight excluding hydrogens is 334 g/mol. The van der Waals surface area contributed by atoms with E-state index in [0.717, 1.165) is 37.7 Å². The third-order valence-corrected chi connectivity index (χ3v) is 4.00. The maximum Gasteiger partial charge on any atom is 0.255 e. The van der Waals surface area contributed by atoms with Gasteiger partial charge in [0.05, 0.1) is 13.2 Å². The average molecular weight is 355 g/mol. The summed E-state index contributed by atoms with van der Waals surface area (Å²) in [6, 6.07) is 14.3. The lowest BCUT2D eigenvalue weighted by molar-refractivity contribution is -0.119. The van der Waals surface area contributed by atoms with E-state index < -0.39 is 5.91 Å². The summed E-state index contributed by atoms with van der Waals surface area (Å²) in [5.41, 5.74) is 7.36. The molecular formula is C19H21N3O4. The zero-order valence-electron chi connectivity index (χ0n) is 14.3. The fourth-order valence-corrected chi connectivity index (χ4v) is 2.64. The first-order chi connectivity index (χ1) is 12.6. The number of benzene rings is 2. The van der Waals surface area contributed by atoms with Gasteiger partial charge in [0.25, 0.3) is 11.8 Å². The van der Waals surface area contributed by atoms with Crippen molar-refractivity contribution in [3.8, 4) is 5.75 Å². The number of hydrogen-bond acceptors (Lipinski definition) is 5. The molecule has 1 aliphatic heterocycles. The van der Waals surface area contributed by atoms with Crippen LogP contribution in [0.1, 0.15) is 10.4 Å². The van der Waals surface area contributed by atoms with E-state index in [9.17, 15) is 9.59 Å². The summed E-state index contributed by atoms with van der Waals surface area (Å²) in [6.45, 7) is 3.02. The van der Waals surface area contributed by atoms with Crippen LogP contribution in [0.15, 0.2) is 48.5 Å². The van der Waals surface area contributed by atoms with Crippen LogP contribution >= 0.6 is 0 Å². The van der Waals surface area contributed by atoms with Crippen molar-refractivity contribution >= 4 is 23.2 Å². The molecule has 0 aromatic heterocycles. The molecule has 2 aromatic rings. The van der Waals surface area contributed by atoms with Crippen molar-refractivity contribution in [3.05, 3.63) is 54.1 Å². The Morgan fingerprint density at radius 1 is 1.04 bits per heavy atom. The molecule has 136 valence electrons. The van der Waals surface area contributed by atoms with Gasteiger partial charge in [-0.05, 0) is 48.5 Å².